The standard InChI is InChI=1S/C14H16O2/c15-13-9-1-2-4-6(9)8-7-5(3(1)11(8)13)10(2)14(16)12(4)7/h1-16H. The monoisotopic (exact) mass is 216 g/mol. The highest BCUT2D eigenvalue weighted by Gasteiger charge is 2.92. The van der Waals surface area contributed by atoms with Crippen molar-refractivity contribution in [3.05, 3.63) is 0 Å². The van der Waals surface area contributed by atoms with Gasteiger partial charge in [0.2, 0.25) is 0 Å². The highest BCUT2D eigenvalue weighted by atomic mass is 16.3. The average Bonchev–Trinajstić information content (AvgIpc) is 2.90. The Hall–Kier alpha value is -0.0800. The summed E-state index contributed by atoms with van der Waals surface area (Å²) in [5.74, 6) is 9.58. The molecule has 2 heteroatoms. The van der Waals surface area contributed by atoms with Crippen LogP contribution in [-0.4, -0.2) is 22.4 Å². The Kier molecular flexibility index (Phi) is 0.758. The fourth-order valence-corrected chi connectivity index (χ4v) is 9.52. The summed E-state index contributed by atoms with van der Waals surface area (Å²) in [6.45, 7) is 0. The van der Waals surface area contributed by atoms with Crippen molar-refractivity contribution in [2.24, 2.45) is 71.0 Å². The lowest BCUT2D eigenvalue weighted by molar-refractivity contribution is 0.0747. The first-order valence-electron chi connectivity index (χ1n) is 7.18. The Balaban J connectivity index is 1.67. The topological polar surface area (TPSA) is 40.5 Å². The van der Waals surface area contributed by atoms with E-state index in [-0.39, 0.29) is 12.2 Å². The van der Waals surface area contributed by atoms with Crippen LogP contribution in [0.25, 0.3) is 0 Å². The van der Waals surface area contributed by atoms with Crippen LogP contribution in [0.15, 0.2) is 0 Å². The smallest absolute Gasteiger partial charge is 0.0607 e. The zero-order valence-corrected chi connectivity index (χ0v) is 8.98. The zero-order valence-electron chi connectivity index (χ0n) is 8.98. The molecule has 8 fully saturated rings. The zero-order chi connectivity index (χ0) is 10.1. The lowest BCUT2D eigenvalue weighted by Crippen LogP contribution is -2.23. The fraction of sp³-hybridized carbons (Fsp3) is 1.00. The van der Waals surface area contributed by atoms with E-state index in [1.807, 2.05) is 0 Å². The molecule has 8 aliphatic rings. The molecule has 4 bridgehead atoms. The summed E-state index contributed by atoms with van der Waals surface area (Å²) in [5.41, 5.74) is 0. The van der Waals surface area contributed by atoms with Crippen LogP contribution in [0.4, 0.5) is 0 Å². The van der Waals surface area contributed by atoms with Crippen molar-refractivity contribution in [2.45, 2.75) is 12.2 Å². The third-order valence-electron chi connectivity index (χ3n) is 8.69. The normalized spacial score (nSPS) is 94.9. The van der Waals surface area contributed by atoms with Crippen LogP contribution < -0.4 is 0 Å². The molecule has 0 radical (unpaired) electrons. The molecule has 8 saturated carbocycles. The van der Waals surface area contributed by atoms with Gasteiger partial charge in [-0.1, -0.05) is 0 Å². The number of hydrogen-bond acceptors (Lipinski definition) is 2. The van der Waals surface area contributed by atoms with Crippen molar-refractivity contribution in [2.75, 3.05) is 0 Å². The molecule has 0 aliphatic heterocycles. The molecule has 0 aromatic carbocycles. The summed E-state index contributed by atoms with van der Waals surface area (Å²) in [5, 5.41) is 20.9. The van der Waals surface area contributed by atoms with Gasteiger partial charge in [-0.25, -0.2) is 0 Å². The summed E-state index contributed by atoms with van der Waals surface area (Å²) < 4.78 is 0. The Morgan fingerprint density at radius 2 is 0.500 bits per heavy atom. The summed E-state index contributed by atoms with van der Waals surface area (Å²) in [6, 6.07) is 0. The van der Waals surface area contributed by atoms with Crippen molar-refractivity contribution < 1.29 is 10.2 Å². The van der Waals surface area contributed by atoms with Gasteiger partial charge in [0.1, 0.15) is 0 Å². The molecule has 84 valence electrons. The molecule has 0 aromatic rings. The van der Waals surface area contributed by atoms with Gasteiger partial charge in [-0.15, -0.1) is 0 Å². The molecule has 0 heterocycles. The molecule has 0 spiro atoms. The molecule has 2 N–H and O–H groups in total. The quantitative estimate of drug-likeness (QED) is 0.607. The van der Waals surface area contributed by atoms with E-state index >= 15 is 0 Å². The maximum Gasteiger partial charge on any atom is 0.0607 e. The van der Waals surface area contributed by atoms with Crippen molar-refractivity contribution in [3.63, 3.8) is 0 Å². The largest absolute Gasteiger partial charge is 0.393 e. The first kappa shape index (κ1) is 7.38. The van der Waals surface area contributed by atoms with E-state index in [0.29, 0.717) is 23.7 Å². The maximum atomic E-state index is 10.5. The van der Waals surface area contributed by atoms with Crippen molar-refractivity contribution in [3.8, 4) is 0 Å². The molecule has 0 unspecified atom stereocenters. The highest BCUT2D eigenvalue weighted by Crippen LogP contribution is 2.92. The number of aliphatic hydroxyl groups excluding tert-OH is 2. The van der Waals surface area contributed by atoms with Gasteiger partial charge < -0.3 is 10.2 Å². The van der Waals surface area contributed by atoms with Gasteiger partial charge in [0.05, 0.1) is 12.2 Å². The van der Waals surface area contributed by atoms with E-state index in [4.69, 9.17) is 0 Å². The van der Waals surface area contributed by atoms with E-state index in [0.717, 1.165) is 47.3 Å². The summed E-state index contributed by atoms with van der Waals surface area (Å²) in [6.07, 6.45) is 0.143. The van der Waals surface area contributed by atoms with Crippen molar-refractivity contribution in [1.29, 1.82) is 0 Å². The van der Waals surface area contributed by atoms with Gasteiger partial charge in [-0.2, -0.15) is 0 Å². The van der Waals surface area contributed by atoms with Gasteiger partial charge in [0.25, 0.3) is 0 Å². The SMILES string of the molecule is OC1C2C3C4C1C1C2C2C5C(O)C(C32)C4C51. The molecule has 2 nitrogen and oxygen atoms in total. The number of aliphatic hydroxyl groups is 2. The Labute approximate surface area is 94.0 Å². The lowest BCUT2D eigenvalue weighted by atomic mass is 9.80. The van der Waals surface area contributed by atoms with Crippen LogP contribution in [-0.2, 0) is 0 Å². The molecular formula is C14H16O2. The Bertz CT molecular complexity index is 332. The van der Waals surface area contributed by atoms with E-state index in [9.17, 15) is 10.2 Å². The lowest BCUT2D eigenvalue weighted by Gasteiger charge is -2.24. The molecule has 0 amide bonds. The second-order valence-electron chi connectivity index (χ2n) is 7.91. The van der Waals surface area contributed by atoms with E-state index < -0.39 is 0 Å². The van der Waals surface area contributed by atoms with Crippen LogP contribution in [0, 0.1) is 71.0 Å². The van der Waals surface area contributed by atoms with Gasteiger partial charge >= 0.3 is 0 Å². The predicted octanol–water partition coefficient (Wildman–Crippen LogP) is 0.198. The van der Waals surface area contributed by atoms with Crippen molar-refractivity contribution in [1.82, 2.24) is 0 Å². The summed E-state index contributed by atoms with van der Waals surface area (Å²) in [7, 11) is 0. The maximum absolute atomic E-state index is 10.5. The van der Waals surface area contributed by atoms with Gasteiger partial charge in [0, 0.05) is 0 Å². The van der Waals surface area contributed by atoms with E-state index in [1.54, 1.807) is 0 Å². The molecule has 16 heavy (non-hydrogen) atoms. The number of rotatable bonds is 0. The molecule has 0 atom stereocenters. The first-order valence-corrected chi connectivity index (χ1v) is 7.18. The van der Waals surface area contributed by atoms with Crippen LogP contribution >= 0.6 is 0 Å². The van der Waals surface area contributed by atoms with E-state index in [2.05, 4.69) is 0 Å². The minimum Gasteiger partial charge on any atom is -0.393 e. The van der Waals surface area contributed by atoms with Gasteiger partial charge in [-0.05, 0) is 71.0 Å². The fourth-order valence-electron chi connectivity index (χ4n) is 9.52. The molecule has 0 saturated heterocycles. The second-order valence-corrected chi connectivity index (χ2v) is 7.91. The molecule has 8 aliphatic carbocycles. The van der Waals surface area contributed by atoms with E-state index in [1.165, 1.54) is 0 Å². The summed E-state index contributed by atoms with van der Waals surface area (Å²) in [4.78, 5) is 0. The van der Waals surface area contributed by atoms with Gasteiger partial charge in [0.15, 0.2) is 0 Å². The third kappa shape index (κ3) is 0.364. The summed E-state index contributed by atoms with van der Waals surface area (Å²) >= 11 is 0. The van der Waals surface area contributed by atoms with Gasteiger partial charge in [-0.3, -0.25) is 0 Å². The van der Waals surface area contributed by atoms with Crippen LogP contribution in [0.1, 0.15) is 0 Å². The van der Waals surface area contributed by atoms with Crippen molar-refractivity contribution >= 4 is 0 Å². The van der Waals surface area contributed by atoms with Crippen LogP contribution in [0.2, 0.25) is 0 Å². The third-order valence-corrected chi connectivity index (χ3v) is 8.69. The van der Waals surface area contributed by atoms with Crippen LogP contribution in [0.3, 0.4) is 0 Å². The molecule has 8 rings (SSSR count). The average molecular weight is 216 g/mol. The Morgan fingerprint density at radius 1 is 0.312 bits per heavy atom. The predicted molar refractivity (Wildman–Crippen MR) is 53.9 cm³/mol. The van der Waals surface area contributed by atoms with Crippen LogP contribution in [0.5, 0.6) is 0 Å². The Morgan fingerprint density at radius 3 is 0.688 bits per heavy atom. The highest BCUT2D eigenvalue weighted by molar-refractivity contribution is 5.39. The minimum atomic E-state index is 0.0714. The minimum absolute atomic E-state index is 0.0714. The molecular weight excluding hydrogens is 200 g/mol. The first-order chi connectivity index (χ1) is 7.82. The number of hydrogen-bond donors (Lipinski definition) is 2. The second kappa shape index (κ2) is 1.65. The molecule has 0 aromatic heterocycles.